The van der Waals surface area contributed by atoms with Gasteiger partial charge in [-0.2, -0.15) is 0 Å². The summed E-state index contributed by atoms with van der Waals surface area (Å²) < 4.78 is 4.82. The predicted molar refractivity (Wildman–Crippen MR) is 109 cm³/mol. The summed E-state index contributed by atoms with van der Waals surface area (Å²) in [5, 5.41) is 6.03. The summed E-state index contributed by atoms with van der Waals surface area (Å²) in [6.07, 6.45) is 2.66. The molecule has 0 unspecified atom stereocenters. The van der Waals surface area contributed by atoms with Crippen LogP contribution in [0.15, 0.2) is 48.5 Å². The Kier molecular flexibility index (Phi) is 8.04. The Morgan fingerprint density at radius 3 is 2.46 bits per heavy atom. The molecule has 0 aromatic heterocycles. The maximum Gasteiger partial charge on any atom is 0.331 e. The van der Waals surface area contributed by atoms with Gasteiger partial charge in [-0.3, -0.25) is 9.59 Å². The van der Waals surface area contributed by atoms with Gasteiger partial charge in [0.15, 0.2) is 6.61 Å². The van der Waals surface area contributed by atoms with E-state index in [2.05, 4.69) is 10.6 Å². The molecule has 2 amide bonds. The minimum Gasteiger partial charge on any atom is -0.452 e. The largest absolute Gasteiger partial charge is 0.452 e. The number of hydrogen-bond donors (Lipinski definition) is 2. The Bertz CT molecular complexity index is 913. The molecule has 146 valence electrons. The number of carbonyl (C=O) groups is 3. The molecule has 0 aliphatic heterocycles. The van der Waals surface area contributed by atoms with Gasteiger partial charge in [0.1, 0.15) is 0 Å². The minimum atomic E-state index is -0.700. The van der Waals surface area contributed by atoms with E-state index in [0.29, 0.717) is 21.3 Å². The summed E-state index contributed by atoms with van der Waals surface area (Å²) >= 11 is 12.0. The molecule has 2 rings (SSSR count). The summed E-state index contributed by atoms with van der Waals surface area (Å²) in [5.41, 5.74) is 1.93. The second kappa shape index (κ2) is 10.5. The third-order valence-electron chi connectivity index (χ3n) is 3.64. The Morgan fingerprint density at radius 2 is 1.71 bits per heavy atom. The molecule has 28 heavy (non-hydrogen) atoms. The summed E-state index contributed by atoms with van der Waals surface area (Å²) in [4.78, 5) is 35.3. The topological polar surface area (TPSA) is 84.5 Å². The zero-order chi connectivity index (χ0) is 20.5. The van der Waals surface area contributed by atoms with Crippen LogP contribution >= 0.6 is 23.2 Å². The second-order valence-electron chi connectivity index (χ2n) is 5.70. The summed E-state index contributed by atoms with van der Waals surface area (Å²) in [5.74, 6) is -1.73. The molecule has 0 fully saturated rings. The first-order valence-corrected chi connectivity index (χ1v) is 9.03. The molecule has 0 spiro atoms. The number of hydrogen-bond acceptors (Lipinski definition) is 4. The highest BCUT2D eigenvalue weighted by molar-refractivity contribution is 6.32. The maximum atomic E-state index is 11.9. The van der Waals surface area contributed by atoms with E-state index in [1.807, 2.05) is 0 Å². The van der Waals surface area contributed by atoms with Crippen LogP contribution in [0.1, 0.15) is 11.1 Å². The van der Waals surface area contributed by atoms with Gasteiger partial charge in [-0.1, -0.05) is 47.5 Å². The van der Waals surface area contributed by atoms with Gasteiger partial charge in [-0.05, 0) is 42.3 Å². The fourth-order valence-electron chi connectivity index (χ4n) is 2.12. The van der Waals surface area contributed by atoms with E-state index in [4.69, 9.17) is 27.9 Å². The van der Waals surface area contributed by atoms with E-state index in [9.17, 15) is 14.4 Å². The molecule has 0 bridgehead atoms. The van der Waals surface area contributed by atoms with E-state index in [1.165, 1.54) is 12.2 Å². The number of anilines is 1. The Hall–Kier alpha value is -2.83. The van der Waals surface area contributed by atoms with E-state index in [0.717, 1.165) is 5.56 Å². The third-order valence-corrected chi connectivity index (χ3v) is 4.39. The van der Waals surface area contributed by atoms with Crippen LogP contribution in [-0.4, -0.2) is 30.9 Å². The number of benzene rings is 2. The van der Waals surface area contributed by atoms with Crippen molar-refractivity contribution in [3.05, 3.63) is 69.7 Å². The molecule has 0 saturated heterocycles. The van der Waals surface area contributed by atoms with E-state index in [-0.39, 0.29) is 6.54 Å². The molecule has 2 aromatic rings. The molecule has 0 radical (unpaired) electrons. The van der Waals surface area contributed by atoms with Gasteiger partial charge < -0.3 is 15.4 Å². The molecule has 0 atom stereocenters. The molecule has 2 N–H and O–H groups in total. The third kappa shape index (κ3) is 6.72. The van der Waals surface area contributed by atoms with Gasteiger partial charge in [-0.25, -0.2) is 4.79 Å². The predicted octanol–water partition coefficient (Wildman–Crippen LogP) is 3.61. The van der Waals surface area contributed by atoms with Crippen molar-refractivity contribution in [1.82, 2.24) is 5.32 Å². The first kappa shape index (κ1) is 21.5. The lowest BCUT2D eigenvalue weighted by Crippen LogP contribution is -2.35. The number of esters is 1. The summed E-state index contributed by atoms with van der Waals surface area (Å²) in [6.45, 7) is 0.999. The average Bonchev–Trinajstić information content (AvgIpc) is 2.67. The van der Waals surface area contributed by atoms with Gasteiger partial charge in [0, 0.05) is 21.8 Å². The maximum absolute atomic E-state index is 11.9. The number of carbonyl (C=O) groups excluding carboxylic acids is 3. The molecule has 0 aliphatic rings. The van der Waals surface area contributed by atoms with E-state index < -0.39 is 24.4 Å². The van der Waals surface area contributed by atoms with Crippen LogP contribution in [0.25, 0.3) is 6.08 Å². The SMILES string of the molecule is Cc1c(Cl)cccc1NC(=O)CNC(=O)COC(=O)/C=C/c1ccccc1Cl. The number of rotatable bonds is 7. The number of nitrogens with one attached hydrogen (secondary N) is 2. The van der Waals surface area contributed by atoms with Crippen molar-refractivity contribution >= 4 is 52.7 Å². The fraction of sp³-hybridized carbons (Fsp3) is 0.150. The van der Waals surface area contributed by atoms with Crippen LogP contribution < -0.4 is 10.6 Å². The zero-order valence-electron chi connectivity index (χ0n) is 15.0. The molecular weight excluding hydrogens is 403 g/mol. The van der Waals surface area contributed by atoms with Crippen molar-refractivity contribution < 1.29 is 19.1 Å². The van der Waals surface area contributed by atoms with Gasteiger partial charge in [0.2, 0.25) is 5.91 Å². The smallest absolute Gasteiger partial charge is 0.331 e. The average molecular weight is 421 g/mol. The standard InChI is InChI=1S/C20H18Cl2N2O4/c1-13-15(21)7-4-8-17(13)24-18(25)11-23-19(26)12-28-20(27)10-9-14-5-2-3-6-16(14)22/h2-10H,11-12H2,1H3,(H,23,26)(H,24,25)/b10-9+. The molecule has 0 saturated carbocycles. The normalized spacial score (nSPS) is 10.5. The van der Waals surface area contributed by atoms with Crippen molar-refractivity contribution in [2.45, 2.75) is 6.92 Å². The van der Waals surface area contributed by atoms with Crippen LogP contribution in [-0.2, 0) is 19.1 Å². The van der Waals surface area contributed by atoms with Gasteiger partial charge in [-0.15, -0.1) is 0 Å². The van der Waals surface area contributed by atoms with Crippen molar-refractivity contribution in [3.63, 3.8) is 0 Å². The zero-order valence-corrected chi connectivity index (χ0v) is 16.5. The summed E-state index contributed by atoms with van der Waals surface area (Å²) in [7, 11) is 0. The highest BCUT2D eigenvalue weighted by Gasteiger charge is 2.10. The molecule has 8 heteroatoms. The minimum absolute atomic E-state index is 0.266. The summed E-state index contributed by atoms with van der Waals surface area (Å²) in [6, 6.07) is 12.1. The van der Waals surface area contributed by atoms with E-state index >= 15 is 0 Å². The van der Waals surface area contributed by atoms with Gasteiger partial charge >= 0.3 is 5.97 Å². The first-order valence-electron chi connectivity index (χ1n) is 8.28. The Morgan fingerprint density at radius 1 is 1.00 bits per heavy atom. The van der Waals surface area contributed by atoms with Gasteiger partial charge in [0.05, 0.1) is 6.54 Å². The molecule has 6 nitrogen and oxygen atoms in total. The Balaban J connectivity index is 1.73. The van der Waals surface area contributed by atoms with E-state index in [1.54, 1.807) is 49.4 Å². The fourth-order valence-corrected chi connectivity index (χ4v) is 2.49. The Labute approximate surface area is 172 Å². The lowest BCUT2D eigenvalue weighted by Gasteiger charge is -2.10. The van der Waals surface area contributed by atoms with Crippen LogP contribution in [0.4, 0.5) is 5.69 Å². The van der Waals surface area contributed by atoms with Crippen molar-refractivity contribution in [3.8, 4) is 0 Å². The second-order valence-corrected chi connectivity index (χ2v) is 6.51. The van der Waals surface area contributed by atoms with Crippen molar-refractivity contribution in [1.29, 1.82) is 0 Å². The molecule has 0 aliphatic carbocycles. The van der Waals surface area contributed by atoms with Crippen LogP contribution in [0, 0.1) is 6.92 Å². The lowest BCUT2D eigenvalue weighted by molar-refractivity contribution is -0.143. The number of halogens is 2. The molecule has 2 aromatic carbocycles. The number of amides is 2. The highest BCUT2D eigenvalue weighted by Crippen LogP contribution is 2.22. The van der Waals surface area contributed by atoms with Crippen LogP contribution in [0.5, 0.6) is 0 Å². The van der Waals surface area contributed by atoms with Crippen molar-refractivity contribution in [2.75, 3.05) is 18.5 Å². The molecular formula is C20H18Cl2N2O4. The van der Waals surface area contributed by atoms with Gasteiger partial charge in [0.25, 0.3) is 5.91 Å². The van der Waals surface area contributed by atoms with Crippen LogP contribution in [0.3, 0.4) is 0 Å². The van der Waals surface area contributed by atoms with Crippen molar-refractivity contribution in [2.24, 2.45) is 0 Å². The monoisotopic (exact) mass is 420 g/mol. The van der Waals surface area contributed by atoms with Crippen LogP contribution in [0.2, 0.25) is 10.0 Å². The number of ether oxygens (including phenoxy) is 1. The lowest BCUT2D eigenvalue weighted by atomic mass is 10.2. The quantitative estimate of drug-likeness (QED) is 0.529. The first-order chi connectivity index (χ1) is 13.4. The molecule has 0 heterocycles. The highest BCUT2D eigenvalue weighted by atomic mass is 35.5.